The Hall–Kier alpha value is -3.51. The first kappa shape index (κ1) is 22.3. The number of anilines is 1. The van der Waals surface area contributed by atoms with E-state index in [1.807, 2.05) is 17.0 Å². The smallest absolute Gasteiger partial charge is 0.441 e. The average Bonchev–Trinajstić information content (AvgIpc) is 2.84. The average molecular weight is 466 g/mol. The number of hydrogen-bond donors (Lipinski definition) is 2. The number of rotatable bonds is 6. The van der Waals surface area contributed by atoms with Crippen LogP contribution < -0.4 is 15.7 Å². The molecule has 1 fully saturated rings. The number of pyridine rings is 2. The second-order valence-corrected chi connectivity index (χ2v) is 8.37. The van der Waals surface area contributed by atoms with E-state index < -0.39 is 22.3 Å². The van der Waals surface area contributed by atoms with Crippen molar-refractivity contribution in [2.75, 3.05) is 44.6 Å². The molecule has 0 spiro atoms. The summed E-state index contributed by atoms with van der Waals surface area (Å²) in [6, 6.07) is 7.48. The van der Waals surface area contributed by atoms with Gasteiger partial charge in [0.25, 0.3) is 0 Å². The van der Waals surface area contributed by atoms with Crippen LogP contribution in [0.5, 0.6) is 0 Å². The summed E-state index contributed by atoms with van der Waals surface area (Å²) in [5.74, 6) is -0.695. The zero-order valence-electron chi connectivity index (χ0n) is 18.2. The molecule has 1 aliphatic heterocycles. The Balaban J connectivity index is 1.21. The molecule has 4 heterocycles. The van der Waals surface area contributed by atoms with E-state index in [4.69, 9.17) is 4.42 Å². The van der Waals surface area contributed by atoms with Gasteiger partial charge >= 0.3 is 5.76 Å². The van der Waals surface area contributed by atoms with Crippen LogP contribution in [0.4, 0.5) is 16.0 Å². The van der Waals surface area contributed by atoms with Crippen LogP contribution in [0.25, 0.3) is 21.7 Å². The van der Waals surface area contributed by atoms with Crippen LogP contribution in [-0.2, 0) is 0 Å². The van der Waals surface area contributed by atoms with Crippen LogP contribution in [0.15, 0.2) is 58.1 Å². The monoisotopic (exact) mass is 466 g/mol. The first-order valence-electron chi connectivity index (χ1n) is 10.9. The highest BCUT2D eigenvalue weighted by atomic mass is 19.1. The summed E-state index contributed by atoms with van der Waals surface area (Å²) in [7, 11) is 0. The summed E-state index contributed by atoms with van der Waals surface area (Å²) in [5, 5.41) is 29.0. The first-order valence-corrected chi connectivity index (χ1v) is 10.9. The highest BCUT2D eigenvalue weighted by molar-refractivity contribution is 5.90. The lowest BCUT2D eigenvalue weighted by atomic mass is 10.2. The minimum Gasteiger partial charge on any atom is -0.626 e. The fourth-order valence-corrected chi connectivity index (χ4v) is 4.30. The zero-order valence-corrected chi connectivity index (χ0v) is 18.2. The second-order valence-electron chi connectivity index (χ2n) is 8.37. The lowest BCUT2D eigenvalue weighted by Gasteiger charge is -2.47. The number of hydroxylamine groups is 2. The Kier molecular flexibility index (Phi) is 5.92. The summed E-state index contributed by atoms with van der Waals surface area (Å²) in [6.07, 6.45) is 4.20. The molecule has 1 atom stereocenters. The van der Waals surface area contributed by atoms with Gasteiger partial charge in [-0.2, -0.15) is 4.98 Å². The van der Waals surface area contributed by atoms with Gasteiger partial charge in [-0.25, -0.2) is 14.2 Å². The van der Waals surface area contributed by atoms with E-state index in [-0.39, 0.29) is 17.9 Å². The second kappa shape index (κ2) is 9.03. The molecule has 0 aliphatic carbocycles. The molecule has 1 saturated heterocycles. The first-order chi connectivity index (χ1) is 16.4. The summed E-state index contributed by atoms with van der Waals surface area (Å²) < 4.78 is 18.1. The maximum absolute atomic E-state index is 13.6. The van der Waals surface area contributed by atoms with Crippen molar-refractivity contribution < 1.29 is 13.9 Å². The number of aromatic nitrogens is 3. The zero-order chi connectivity index (χ0) is 23.7. The standard InChI is InChI=1S/C23H23FN6O4/c24-16-1-2-20-18(11-16)21(28-23(32)34-20)27-12-17(31)14-29-7-9-30(33,10-8-29)22-19-13-25-5-3-15(19)4-6-26-22/h1-6,11,13,17,31H,7-10,12,14H2,(H,27,28,32). The number of quaternary nitrogens is 1. The summed E-state index contributed by atoms with van der Waals surface area (Å²) >= 11 is 0. The Labute approximate surface area is 193 Å². The van der Waals surface area contributed by atoms with Crippen LogP contribution >= 0.6 is 0 Å². The Morgan fingerprint density at radius 2 is 2.00 bits per heavy atom. The molecule has 4 aromatic rings. The Morgan fingerprint density at radius 1 is 1.21 bits per heavy atom. The van der Waals surface area contributed by atoms with Gasteiger partial charge in [-0.05, 0) is 35.7 Å². The van der Waals surface area contributed by atoms with Crippen LogP contribution in [0.2, 0.25) is 0 Å². The summed E-state index contributed by atoms with van der Waals surface area (Å²) in [6.45, 7) is 1.98. The molecule has 11 heteroatoms. The molecule has 34 heavy (non-hydrogen) atoms. The quantitative estimate of drug-likeness (QED) is 0.323. The van der Waals surface area contributed by atoms with Gasteiger partial charge < -0.3 is 24.7 Å². The molecule has 1 unspecified atom stereocenters. The van der Waals surface area contributed by atoms with Crippen molar-refractivity contribution in [1.29, 1.82) is 0 Å². The third kappa shape index (κ3) is 4.46. The molecule has 0 radical (unpaired) electrons. The lowest BCUT2D eigenvalue weighted by Crippen LogP contribution is -2.58. The van der Waals surface area contributed by atoms with Gasteiger partial charge in [-0.3, -0.25) is 9.88 Å². The van der Waals surface area contributed by atoms with E-state index >= 15 is 0 Å². The molecule has 10 nitrogen and oxygen atoms in total. The van der Waals surface area contributed by atoms with E-state index in [2.05, 4.69) is 20.3 Å². The molecule has 0 saturated carbocycles. The van der Waals surface area contributed by atoms with Gasteiger partial charge in [0.1, 0.15) is 17.2 Å². The SMILES string of the molecule is O=c1nc(NCC(O)CN2CC[N+]([O-])(c3nccc4ccncc34)CC2)c2cc(F)ccc2o1. The van der Waals surface area contributed by atoms with E-state index in [1.165, 1.54) is 18.2 Å². The number of nitrogens with one attached hydrogen (secondary N) is 1. The number of benzene rings is 1. The van der Waals surface area contributed by atoms with Gasteiger partial charge in [0.2, 0.25) is 5.82 Å². The van der Waals surface area contributed by atoms with Crippen molar-refractivity contribution in [2.45, 2.75) is 6.10 Å². The molecular formula is C23H23FN6O4. The van der Waals surface area contributed by atoms with Gasteiger partial charge in [-0.1, -0.05) is 0 Å². The largest absolute Gasteiger partial charge is 0.626 e. The minimum atomic E-state index is -0.811. The fourth-order valence-electron chi connectivity index (χ4n) is 4.30. The van der Waals surface area contributed by atoms with Crippen molar-refractivity contribution in [3.05, 3.63) is 70.5 Å². The van der Waals surface area contributed by atoms with Crippen molar-refractivity contribution in [3.63, 3.8) is 0 Å². The molecule has 176 valence electrons. The summed E-state index contributed by atoms with van der Waals surface area (Å²) in [4.78, 5) is 26.0. The Morgan fingerprint density at radius 3 is 2.82 bits per heavy atom. The lowest BCUT2D eigenvalue weighted by molar-refractivity contribution is 0.0927. The van der Waals surface area contributed by atoms with E-state index in [1.54, 1.807) is 18.6 Å². The molecule has 3 aromatic heterocycles. The molecule has 0 bridgehead atoms. The van der Waals surface area contributed by atoms with E-state index in [0.29, 0.717) is 43.9 Å². The number of β-amino-alcohol motifs (C(OH)–C–C–N with tert-alkyl or cyclic N) is 1. The molecule has 2 N–H and O–H groups in total. The third-order valence-electron chi connectivity index (χ3n) is 6.06. The van der Waals surface area contributed by atoms with Gasteiger partial charge in [0, 0.05) is 44.8 Å². The topological polar surface area (TPSA) is 127 Å². The number of piperazine rings is 1. The van der Waals surface area contributed by atoms with Crippen LogP contribution in [-0.4, -0.2) is 70.3 Å². The normalized spacial score (nSPS) is 17.1. The molecule has 1 aliphatic rings. The molecule has 5 rings (SSSR count). The Bertz CT molecular complexity index is 1380. The van der Waals surface area contributed by atoms with E-state index in [0.717, 1.165) is 10.8 Å². The van der Waals surface area contributed by atoms with Crippen molar-refractivity contribution in [3.8, 4) is 0 Å². The van der Waals surface area contributed by atoms with Crippen LogP contribution in [0.1, 0.15) is 0 Å². The molecular weight excluding hydrogens is 443 g/mol. The van der Waals surface area contributed by atoms with Crippen molar-refractivity contribution in [2.24, 2.45) is 0 Å². The maximum atomic E-state index is 13.6. The van der Waals surface area contributed by atoms with Crippen molar-refractivity contribution >= 4 is 33.4 Å². The molecule has 0 amide bonds. The van der Waals surface area contributed by atoms with Crippen molar-refractivity contribution in [1.82, 2.24) is 24.5 Å². The highest BCUT2D eigenvalue weighted by Gasteiger charge is 2.31. The number of halogens is 1. The number of aliphatic hydroxyl groups excluding tert-OH is 1. The van der Waals surface area contributed by atoms with Gasteiger partial charge in [0.15, 0.2) is 0 Å². The number of hydrogen-bond acceptors (Lipinski definition) is 9. The number of aliphatic hydroxyl groups is 1. The predicted octanol–water partition coefficient (Wildman–Crippen LogP) is 1.86. The maximum Gasteiger partial charge on any atom is 0.441 e. The minimum absolute atomic E-state index is 0.0898. The summed E-state index contributed by atoms with van der Waals surface area (Å²) in [5.41, 5.74) is 0.205. The molecule has 1 aromatic carbocycles. The fraction of sp³-hybridized carbons (Fsp3) is 0.304. The number of fused-ring (bicyclic) bond motifs is 2. The van der Waals surface area contributed by atoms with E-state index in [9.17, 15) is 19.5 Å². The van der Waals surface area contributed by atoms with Gasteiger partial charge in [0.05, 0.1) is 30.0 Å². The number of nitrogens with zero attached hydrogens (tertiary/aromatic N) is 5. The van der Waals surface area contributed by atoms with Crippen LogP contribution in [0, 0.1) is 11.0 Å². The van der Waals surface area contributed by atoms with Gasteiger partial charge in [-0.15, -0.1) is 0 Å². The predicted molar refractivity (Wildman–Crippen MR) is 126 cm³/mol. The van der Waals surface area contributed by atoms with Crippen LogP contribution in [0.3, 0.4) is 0 Å². The highest BCUT2D eigenvalue weighted by Crippen LogP contribution is 2.29. The third-order valence-corrected chi connectivity index (χ3v) is 6.06.